The third kappa shape index (κ3) is 1.35. The summed E-state index contributed by atoms with van der Waals surface area (Å²) in [7, 11) is 0. The van der Waals surface area contributed by atoms with Crippen molar-refractivity contribution in [2.45, 2.75) is 18.3 Å². The van der Waals surface area contributed by atoms with Crippen LogP contribution in [-0.4, -0.2) is 11.6 Å². The van der Waals surface area contributed by atoms with Gasteiger partial charge < -0.3 is 9.82 Å². The lowest BCUT2D eigenvalue weighted by Crippen LogP contribution is -2.17. The quantitative estimate of drug-likeness (QED) is 0.749. The molecule has 0 amide bonds. The minimum atomic E-state index is 0.195. The molecule has 0 bridgehead atoms. The van der Waals surface area contributed by atoms with E-state index < -0.39 is 0 Å². The van der Waals surface area contributed by atoms with Gasteiger partial charge in [0, 0.05) is 17.1 Å². The molecule has 0 saturated heterocycles. The highest BCUT2D eigenvalue weighted by Gasteiger charge is 2.44. The number of rotatable bonds is 3. The molecule has 0 radical (unpaired) electrons. The highest BCUT2D eigenvalue weighted by Crippen LogP contribution is 2.48. The fourth-order valence-electron chi connectivity index (χ4n) is 2.21. The number of hydrogen-bond donors (Lipinski definition) is 2. The molecule has 1 aliphatic rings. The first-order chi connectivity index (χ1) is 7.34. The zero-order valence-electron chi connectivity index (χ0n) is 8.49. The maximum Gasteiger partial charge on any atom is 0.0775 e. The van der Waals surface area contributed by atoms with Gasteiger partial charge >= 0.3 is 0 Å². The van der Waals surface area contributed by atoms with Gasteiger partial charge in [-0.1, -0.05) is 6.07 Å². The Morgan fingerprint density at radius 2 is 2.20 bits per heavy atom. The molecular weight excluding hydrogens is 188 g/mol. The van der Waals surface area contributed by atoms with Crippen LogP contribution in [0.3, 0.4) is 0 Å². The van der Waals surface area contributed by atoms with Crippen LogP contribution in [0.15, 0.2) is 30.5 Å². The second-order valence-electron chi connectivity index (χ2n) is 4.37. The van der Waals surface area contributed by atoms with Gasteiger partial charge in [-0.2, -0.15) is 0 Å². The first-order valence-electron chi connectivity index (χ1n) is 5.23. The second kappa shape index (κ2) is 3.08. The van der Waals surface area contributed by atoms with E-state index in [0.717, 1.165) is 0 Å². The molecule has 1 aliphatic carbocycles. The minimum absolute atomic E-state index is 0.195. The predicted molar refractivity (Wildman–Crippen MR) is 59.4 cm³/mol. The molecule has 1 aromatic heterocycles. The summed E-state index contributed by atoms with van der Waals surface area (Å²) in [6.07, 6.45) is 4.33. The van der Waals surface area contributed by atoms with E-state index in [-0.39, 0.29) is 5.41 Å². The summed E-state index contributed by atoms with van der Waals surface area (Å²) in [5.74, 6) is 5.18. The number of aromatic amines is 1. The lowest BCUT2D eigenvalue weighted by Gasteiger charge is -2.13. The number of hydrogen-bond acceptors (Lipinski definition) is 2. The Balaban J connectivity index is 2.04. The van der Waals surface area contributed by atoms with E-state index in [1.807, 2.05) is 6.20 Å². The fourth-order valence-corrected chi connectivity index (χ4v) is 2.21. The number of nitrogens with two attached hydrogens (primary N) is 1. The average molecular weight is 202 g/mol. The Labute approximate surface area is 88.2 Å². The van der Waals surface area contributed by atoms with Crippen LogP contribution in [-0.2, 0) is 10.3 Å². The SMILES string of the molecule is NOCC1(c2ccc3[nH]ccc3c2)CC1. The third-order valence-electron chi connectivity index (χ3n) is 3.38. The van der Waals surface area contributed by atoms with Gasteiger partial charge in [0.2, 0.25) is 0 Å². The Morgan fingerprint density at radius 1 is 1.33 bits per heavy atom. The highest BCUT2D eigenvalue weighted by atomic mass is 16.6. The average Bonchev–Trinajstić information content (AvgIpc) is 2.89. The number of fused-ring (bicyclic) bond motifs is 1. The van der Waals surface area contributed by atoms with Crippen LogP contribution in [0, 0.1) is 0 Å². The Bertz CT molecular complexity index is 485. The van der Waals surface area contributed by atoms with Gasteiger partial charge in [-0.15, -0.1) is 0 Å². The fraction of sp³-hybridized carbons (Fsp3) is 0.333. The molecule has 3 nitrogen and oxygen atoms in total. The topological polar surface area (TPSA) is 51.0 Å². The molecular formula is C12H14N2O. The zero-order valence-corrected chi connectivity index (χ0v) is 8.49. The first kappa shape index (κ1) is 8.95. The van der Waals surface area contributed by atoms with Crippen molar-refractivity contribution in [1.82, 2.24) is 4.98 Å². The van der Waals surface area contributed by atoms with Gasteiger partial charge in [-0.3, -0.25) is 0 Å². The summed E-state index contributed by atoms with van der Waals surface area (Å²) in [6, 6.07) is 8.63. The van der Waals surface area contributed by atoms with Crippen molar-refractivity contribution < 1.29 is 4.84 Å². The molecule has 78 valence electrons. The van der Waals surface area contributed by atoms with Crippen molar-refractivity contribution in [3.8, 4) is 0 Å². The van der Waals surface area contributed by atoms with Crippen LogP contribution in [0.25, 0.3) is 10.9 Å². The molecule has 3 N–H and O–H groups in total. The highest BCUT2D eigenvalue weighted by molar-refractivity contribution is 5.80. The summed E-state index contributed by atoms with van der Waals surface area (Å²) in [5.41, 5.74) is 2.73. The van der Waals surface area contributed by atoms with Gasteiger partial charge in [-0.25, -0.2) is 5.90 Å². The monoisotopic (exact) mass is 202 g/mol. The van der Waals surface area contributed by atoms with E-state index in [1.165, 1.54) is 29.3 Å². The summed E-state index contributed by atoms with van der Waals surface area (Å²) < 4.78 is 0. The Kier molecular flexibility index (Phi) is 1.84. The van der Waals surface area contributed by atoms with Crippen LogP contribution in [0.2, 0.25) is 0 Å². The normalized spacial score (nSPS) is 18.2. The van der Waals surface area contributed by atoms with Gasteiger partial charge in [0.25, 0.3) is 0 Å². The lowest BCUT2D eigenvalue weighted by atomic mass is 9.96. The van der Waals surface area contributed by atoms with Crippen LogP contribution in [0.1, 0.15) is 18.4 Å². The van der Waals surface area contributed by atoms with Crippen LogP contribution in [0.4, 0.5) is 0 Å². The molecule has 0 spiro atoms. The number of aromatic nitrogens is 1. The summed E-state index contributed by atoms with van der Waals surface area (Å²) in [4.78, 5) is 8.00. The van der Waals surface area contributed by atoms with E-state index >= 15 is 0 Å². The van der Waals surface area contributed by atoms with Crippen molar-refractivity contribution in [2.75, 3.05) is 6.61 Å². The molecule has 1 saturated carbocycles. The van der Waals surface area contributed by atoms with Crippen molar-refractivity contribution in [3.63, 3.8) is 0 Å². The number of H-pyrrole nitrogens is 1. The second-order valence-corrected chi connectivity index (χ2v) is 4.37. The molecule has 15 heavy (non-hydrogen) atoms. The molecule has 1 heterocycles. The molecule has 0 atom stereocenters. The molecule has 3 heteroatoms. The smallest absolute Gasteiger partial charge is 0.0775 e. The van der Waals surface area contributed by atoms with Gasteiger partial charge in [0.15, 0.2) is 0 Å². The molecule has 0 aliphatic heterocycles. The summed E-state index contributed by atoms with van der Waals surface area (Å²) in [6.45, 7) is 0.628. The van der Waals surface area contributed by atoms with E-state index in [1.54, 1.807) is 0 Å². The van der Waals surface area contributed by atoms with E-state index in [9.17, 15) is 0 Å². The number of nitrogens with one attached hydrogen (secondary N) is 1. The maximum absolute atomic E-state index is 5.18. The minimum Gasteiger partial charge on any atom is -0.361 e. The van der Waals surface area contributed by atoms with Crippen LogP contribution >= 0.6 is 0 Å². The summed E-state index contributed by atoms with van der Waals surface area (Å²) >= 11 is 0. The van der Waals surface area contributed by atoms with Crippen molar-refractivity contribution >= 4 is 10.9 Å². The summed E-state index contributed by atoms with van der Waals surface area (Å²) in [5, 5.41) is 1.26. The zero-order chi connectivity index (χ0) is 10.3. The largest absolute Gasteiger partial charge is 0.361 e. The van der Waals surface area contributed by atoms with Crippen LogP contribution < -0.4 is 5.90 Å². The maximum atomic E-state index is 5.18. The molecule has 1 fully saturated rings. The van der Waals surface area contributed by atoms with E-state index in [0.29, 0.717) is 6.61 Å². The van der Waals surface area contributed by atoms with Crippen molar-refractivity contribution in [3.05, 3.63) is 36.0 Å². The molecule has 1 aromatic carbocycles. The van der Waals surface area contributed by atoms with E-state index in [4.69, 9.17) is 10.7 Å². The molecule has 0 unspecified atom stereocenters. The first-order valence-corrected chi connectivity index (χ1v) is 5.23. The van der Waals surface area contributed by atoms with E-state index in [2.05, 4.69) is 29.2 Å². The predicted octanol–water partition coefficient (Wildman–Crippen LogP) is 2.09. The van der Waals surface area contributed by atoms with Gasteiger partial charge in [0.1, 0.15) is 0 Å². The van der Waals surface area contributed by atoms with Crippen molar-refractivity contribution in [1.29, 1.82) is 0 Å². The van der Waals surface area contributed by atoms with Gasteiger partial charge in [-0.05, 0) is 42.0 Å². The Hall–Kier alpha value is -1.32. The van der Waals surface area contributed by atoms with Gasteiger partial charge in [0.05, 0.1) is 6.61 Å². The standard InChI is InChI=1S/C12H14N2O/c13-15-8-12(4-5-12)10-1-2-11-9(7-10)3-6-14-11/h1-3,6-7,14H,4-5,8,13H2. The lowest BCUT2D eigenvalue weighted by molar-refractivity contribution is 0.116. The number of benzene rings is 1. The third-order valence-corrected chi connectivity index (χ3v) is 3.38. The van der Waals surface area contributed by atoms with Crippen molar-refractivity contribution in [2.24, 2.45) is 5.90 Å². The van der Waals surface area contributed by atoms with Crippen LogP contribution in [0.5, 0.6) is 0 Å². The Morgan fingerprint density at radius 3 is 2.93 bits per heavy atom. The molecule has 2 aromatic rings. The molecule has 3 rings (SSSR count).